The quantitative estimate of drug-likeness (QED) is 0.318. The van der Waals surface area contributed by atoms with Crippen LogP contribution in [0.1, 0.15) is 58.7 Å². The van der Waals surface area contributed by atoms with Crippen LogP contribution in [0, 0.1) is 0 Å². The topological polar surface area (TPSA) is 154 Å². The average molecular weight is 572 g/mol. The number of nitrogens with one attached hydrogen (secondary N) is 2. The van der Waals surface area contributed by atoms with E-state index in [4.69, 9.17) is 9.47 Å². The van der Waals surface area contributed by atoms with E-state index in [1.54, 1.807) is 65.8 Å². The minimum Gasteiger partial charge on any atom is -0.508 e. The molecule has 11 heteroatoms. The Morgan fingerprint density at radius 1 is 0.854 bits per heavy atom. The molecule has 0 fully saturated rings. The van der Waals surface area contributed by atoms with Gasteiger partial charge in [0, 0.05) is 13.5 Å². The first-order chi connectivity index (χ1) is 19.0. The molecular weight excluding hydrogens is 530 g/mol. The number of esters is 1. The van der Waals surface area contributed by atoms with Gasteiger partial charge in [-0.05, 0) is 64.8 Å². The predicted molar refractivity (Wildman–Crippen MR) is 152 cm³/mol. The van der Waals surface area contributed by atoms with Crippen molar-refractivity contribution in [3.63, 3.8) is 0 Å². The van der Waals surface area contributed by atoms with Crippen LogP contribution in [0.25, 0.3) is 0 Å². The van der Waals surface area contributed by atoms with Crippen LogP contribution in [0.5, 0.6) is 5.75 Å². The summed E-state index contributed by atoms with van der Waals surface area (Å²) in [7, 11) is 1.32. The Labute approximate surface area is 240 Å². The number of aliphatic hydroxyl groups is 1. The number of carbonyl (C=O) groups is 4. The number of rotatable bonds is 10. The smallest absolute Gasteiger partial charge is 0.408 e. The van der Waals surface area contributed by atoms with E-state index in [-0.39, 0.29) is 17.7 Å². The summed E-state index contributed by atoms with van der Waals surface area (Å²) in [6.07, 6.45) is -0.810. The molecule has 0 radical (unpaired) electrons. The van der Waals surface area contributed by atoms with Gasteiger partial charge in [-0.3, -0.25) is 9.59 Å². The first-order valence-electron chi connectivity index (χ1n) is 13.2. The van der Waals surface area contributed by atoms with Crippen LogP contribution in [-0.2, 0) is 30.3 Å². The van der Waals surface area contributed by atoms with Gasteiger partial charge >= 0.3 is 12.1 Å². The average Bonchev–Trinajstić information content (AvgIpc) is 2.85. The second-order valence-electron chi connectivity index (χ2n) is 11.6. The highest BCUT2D eigenvalue weighted by atomic mass is 16.6. The number of amides is 3. The summed E-state index contributed by atoms with van der Waals surface area (Å²) >= 11 is 0. The molecule has 224 valence electrons. The zero-order valence-corrected chi connectivity index (χ0v) is 24.6. The Bertz CT molecular complexity index is 1200. The molecule has 0 aliphatic carbocycles. The Hall–Kier alpha value is -4.12. The van der Waals surface area contributed by atoms with E-state index < -0.39 is 59.8 Å². The first-order valence-corrected chi connectivity index (χ1v) is 13.2. The summed E-state index contributed by atoms with van der Waals surface area (Å²) < 4.78 is 10.7. The number of alkyl carbamates (subject to hydrolysis) is 1. The number of phenolic OH excluding ortho intramolecular Hbond substituents is 1. The van der Waals surface area contributed by atoms with Crippen molar-refractivity contribution >= 4 is 23.9 Å². The van der Waals surface area contributed by atoms with Crippen molar-refractivity contribution in [3.05, 3.63) is 65.7 Å². The summed E-state index contributed by atoms with van der Waals surface area (Å²) in [6.45, 7) is 9.29. The molecular formula is C30H41N3O8. The molecule has 2 rings (SSSR count). The van der Waals surface area contributed by atoms with E-state index in [0.717, 1.165) is 10.5 Å². The van der Waals surface area contributed by atoms with Crippen molar-refractivity contribution in [3.8, 4) is 5.75 Å². The summed E-state index contributed by atoms with van der Waals surface area (Å²) in [5.41, 5.74) is -0.673. The number of likely N-dealkylation sites (N-methyl/N-ethyl adjacent to an activating group) is 1. The Morgan fingerprint density at radius 3 is 2.00 bits per heavy atom. The van der Waals surface area contributed by atoms with Crippen LogP contribution < -0.4 is 10.6 Å². The van der Waals surface area contributed by atoms with Gasteiger partial charge in [0.2, 0.25) is 11.8 Å². The lowest BCUT2D eigenvalue weighted by molar-refractivity contribution is -0.159. The van der Waals surface area contributed by atoms with Crippen LogP contribution in [0.4, 0.5) is 4.79 Å². The molecule has 3 unspecified atom stereocenters. The lowest BCUT2D eigenvalue weighted by Crippen LogP contribution is -2.54. The Kier molecular flexibility index (Phi) is 11.3. The van der Waals surface area contributed by atoms with Gasteiger partial charge in [0.1, 0.15) is 35.1 Å². The van der Waals surface area contributed by atoms with Gasteiger partial charge in [-0.15, -0.1) is 0 Å². The van der Waals surface area contributed by atoms with Gasteiger partial charge in [0.05, 0.1) is 6.61 Å². The third-order valence-electron chi connectivity index (χ3n) is 5.63. The maximum atomic E-state index is 13.8. The second-order valence-corrected chi connectivity index (χ2v) is 11.6. The van der Waals surface area contributed by atoms with Crippen molar-refractivity contribution in [2.45, 2.75) is 77.3 Å². The van der Waals surface area contributed by atoms with Crippen LogP contribution in [-0.4, -0.2) is 75.9 Å². The molecule has 2 aromatic rings. The molecule has 2 aromatic carbocycles. The summed E-state index contributed by atoms with van der Waals surface area (Å²) in [6, 6.07) is 10.9. The molecule has 3 atom stereocenters. The fraction of sp³-hybridized carbons (Fsp3) is 0.467. The largest absolute Gasteiger partial charge is 0.508 e. The number of ether oxygens (including phenoxy) is 2. The lowest BCUT2D eigenvalue weighted by atomic mass is 10.0. The number of hydrogen-bond donors (Lipinski definition) is 4. The fourth-order valence-electron chi connectivity index (χ4n) is 3.92. The van der Waals surface area contributed by atoms with Gasteiger partial charge in [-0.25, -0.2) is 9.59 Å². The van der Waals surface area contributed by atoms with Gasteiger partial charge in [-0.2, -0.15) is 0 Å². The van der Waals surface area contributed by atoms with E-state index in [9.17, 15) is 29.4 Å². The molecule has 0 saturated heterocycles. The van der Waals surface area contributed by atoms with Crippen LogP contribution in [0.2, 0.25) is 0 Å². The van der Waals surface area contributed by atoms with Gasteiger partial charge in [0.15, 0.2) is 0 Å². The maximum Gasteiger partial charge on any atom is 0.408 e. The third kappa shape index (κ3) is 10.8. The van der Waals surface area contributed by atoms with E-state index in [1.165, 1.54) is 31.3 Å². The standard InChI is InChI=1S/C30H41N3O8/c1-29(2,3)40-27(38)22(16-19-12-9-8-10-13-19)31-25(36)24(20-14-11-15-21(35)17-20)33(7)26(37)23(18-34)32-28(39)41-30(4,5)6/h8-15,17,22-24,34-35H,16,18H2,1-7H3,(H,31,36)(H,32,39). The fourth-order valence-corrected chi connectivity index (χ4v) is 3.92. The maximum absolute atomic E-state index is 13.8. The van der Waals surface area contributed by atoms with Crippen molar-refractivity contribution < 1.29 is 38.9 Å². The van der Waals surface area contributed by atoms with Crippen LogP contribution >= 0.6 is 0 Å². The Morgan fingerprint density at radius 2 is 1.46 bits per heavy atom. The zero-order chi connectivity index (χ0) is 31.0. The number of benzene rings is 2. The number of carbonyl (C=O) groups excluding carboxylic acids is 4. The molecule has 3 amide bonds. The summed E-state index contributed by atoms with van der Waals surface area (Å²) in [5, 5.41) is 25.0. The molecule has 41 heavy (non-hydrogen) atoms. The van der Waals surface area contributed by atoms with E-state index in [0.29, 0.717) is 0 Å². The molecule has 0 saturated carbocycles. The minimum atomic E-state index is -1.44. The van der Waals surface area contributed by atoms with Crippen LogP contribution in [0.3, 0.4) is 0 Å². The van der Waals surface area contributed by atoms with E-state index in [2.05, 4.69) is 10.6 Å². The minimum absolute atomic E-state index is 0.116. The summed E-state index contributed by atoms with van der Waals surface area (Å²) in [5.74, 6) is -2.37. The van der Waals surface area contributed by atoms with Gasteiger partial charge < -0.3 is 35.2 Å². The molecule has 0 aromatic heterocycles. The molecule has 0 bridgehead atoms. The number of aliphatic hydroxyl groups excluding tert-OH is 1. The Balaban J connectivity index is 2.41. The molecule has 11 nitrogen and oxygen atoms in total. The van der Waals surface area contributed by atoms with Crippen LogP contribution in [0.15, 0.2) is 54.6 Å². The molecule has 0 aliphatic rings. The normalized spacial score (nSPS) is 13.8. The second kappa shape index (κ2) is 14.0. The van der Waals surface area contributed by atoms with Crippen molar-refractivity contribution in [2.75, 3.05) is 13.7 Å². The van der Waals surface area contributed by atoms with Crippen molar-refractivity contribution in [2.24, 2.45) is 0 Å². The van der Waals surface area contributed by atoms with Gasteiger partial charge in [0.25, 0.3) is 0 Å². The van der Waals surface area contributed by atoms with Gasteiger partial charge in [-0.1, -0.05) is 42.5 Å². The monoisotopic (exact) mass is 571 g/mol. The lowest BCUT2D eigenvalue weighted by Gasteiger charge is -2.32. The number of aromatic hydroxyl groups is 1. The van der Waals surface area contributed by atoms with E-state index >= 15 is 0 Å². The zero-order valence-electron chi connectivity index (χ0n) is 24.6. The number of phenols is 1. The third-order valence-corrected chi connectivity index (χ3v) is 5.63. The molecule has 0 aliphatic heterocycles. The highest BCUT2D eigenvalue weighted by Crippen LogP contribution is 2.25. The molecule has 0 spiro atoms. The molecule has 4 N–H and O–H groups in total. The SMILES string of the molecule is CN(C(=O)C(CO)NC(=O)OC(C)(C)C)C(C(=O)NC(Cc1ccccc1)C(=O)OC(C)(C)C)c1cccc(O)c1. The number of nitrogens with zero attached hydrogens (tertiary/aromatic N) is 1. The molecule has 0 heterocycles. The number of hydrogen-bond acceptors (Lipinski definition) is 8. The summed E-state index contributed by atoms with van der Waals surface area (Å²) in [4.78, 5) is 53.7. The highest BCUT2D eigenvalue weighted by molar-refractivity contribution is 5.94. The van der Waals surface area contributed by atoms with E-state index in [1.807, 2.05) is 6.07 Å². The van der Waals surface area contributed by atoms with Crippen molar-refractivity contribution in [1.82, 2.24) is 15.5 Å². The predicted octanol–water partition coefficient (Wildman–Crippen LogP) is 2.85. The first kappa shape index (κ1) is 33.1. The van der Waals surface area contributed by atoms with Crippen molar-refractivity contribution in [1.29, 1.82) is 0 Å². The highest BCUT2D eigenvalue weighted by Gasteiger charge is 2.36.